The van der Waals surface area contributed by atoms with Gasteiger partial charge in [-0.15, -0.1) is 0 Å². The number of nitrogens with two attached hydrogens (primary N) is 1. The van der Waals surface area contributed by atoms with E-state index >= 15 is 0 Å². The summed E-state index contributed by atoms with van der Waals surface area (Å²) in [4.78, 5) is 16.4. The topological polar surface area (TPSA) is 70.8 Å². The maximum absolute atomic E-state index is 12.0. The number of carbonyl (C=O) groups excluding carboxylic acids is 1. The first-order valence-corrected chi connectivity index (χ1v) is 7.35. The third-order valence-corrected chi connectivity index (χ3v) is 3.85. The highest BCUT2D eigenvalue weighted by molar-refractivity contribution is 5.74. The number of rotatable bonds is 5. The number of ether oxygens (including phenoxy) is 1. The van der Waals surface area contributed by atoms with Crippen molar-refractivity contribution in [1.29, 1.82) is 0 Å². The van der Waals surface area contributed by atoms with Gasteiger partial charge in [-0.2, -0.15) is 0 Å². The second-order valence-electron chi connectivity index (χ2n) is 5.33. The highest BCUT2D eigenvalue weighted by Crippen LogP contribution is 2.07. The Bertz CT molecular complexity index is 274. The number of nitrogens with zero attached hydrogens (tertiary/aromatic N) is 2. The van der Waals surface area contributed by atoms with Gasteiger partial charge >= 0.3 is 6.03 Å². The minimum absolute atomic E-state index is 0.0668. The van der Waals surface area contributed by atoms with E-state index in [9.17, 15) is 4.79 Å². The molecule has 2 rings (SSSR count). The van der Waals surface area contributed by atoms with Gasteiger partial charge in [0, 0.05) is 32.8 Å². The first-order chi connectivity index (χ1) is 9.29. The molecule has 3 N–H and O–H groups in total. The van der Waals surface area contributed by atoms with Crippen LogP contribution in [0.4, 0.5) is 4.79 Å². The molecule has 0 radical (unpaired) electrons. The summed E-state index contributed by atoms with van der Waals surface area (Å²) >= 11 is 0. The predicted octanol–water partition coefficient (Wildman–Crippen LogP) is -0.159. The standard InChI is InChI=1S/C13H26N4O2/c14-4-1-2-5-16-6-8-17(9-7-16)13(18)15-12-3-10-19-11-12/h12H,1-11,14H2,(H,15,18). The summed E-state index contributed by atoms with van der Waals surface area (Å²) in [6.45, 7) is 6.88. The van der Waals surface area contributed by atoms with E-state index in [2.05, 4.69) is 10.2 Å². The van der Waals surface area contributed by atoms with E-state index in [1.807, 2.05) is 4.90 Å². The van der Waals surface area contributed by atoms with Gasteiger partial charge in [0.1, 0.15) is 0 Å². The Morgan fingerprint density at radius 2 is 2.05 bits per heavy atom. The quantitative estimate of drug-likeness (QED) is 0.681. The summed E-state index contributed by atoms with van der Waals surface area (Å²) in [5.41, 5.74) is 5.49. The zero-order valence-corrected chi connectivity index (χ0v) is 11.6. The lowest BCUT2D eigenvalue weighted by Gasteiger charge is -2.35. The zero-order chi connectivity index (χ0) is 13.5. The normalized spacial score (nSPS) is 24.7. The monoisotopic (exact) mass is 270 g/mol. The van der Waals surface area contributed by atoms with Gasteiger partial charge in [0.25, 0.3) is 0 Å². The van der Waals surface area contributed by atoms with Crippen LogP contribution in [0.5, 0.6) is 0 Å². The van der Waals surface area contributed by atoms with Gasteiger partial charge < -0.3 is 20.7 Å². The van der Waals surface area contributed by atoms with Crippen molar-refractivity contribution in [3.63, 3.8) is 0 Å². The zero-order valence-electron chi connectivity index (χ0n) is 11.6. The van der Waals surface area contributed by atoms with E-state index in [4.69, 9.17) is 10.5 Å². The lowest BCUT2D eigenvalue weighted by molar-refractivity contribution is 0.134. The van der Waals surface area contributed by atoms with E-state index in [0.717, 1.165) is 65.1 Å². The van der Waals surface area contributed by atoms with Gasteiger partial charge in [0.2, 0.25) is 0 Å². The molecule has 19 heavy (non-hydrogen) atoms. The SMILES string of the molecule is NCCCCN1CCN(C(=O)NC2CCOC2)CC1. The van der Waals surface area contributed by atoms with Crippen molar-refractivity contribution in [3.05, 3.63) is 0 Å². The van der Waals surface area contributed by atoms with Crippen LogP contribution in [0.2, 0.25) is 0 Å². The lowest BCUT2D eigenvalue weighted by Crippen LogP contribution is -2.53. The van der Waals surface area contributed by atoms with Crippen LogP contribution in [0, 0.1) is 0 Å². The molecular formula is C13H26N4O2. The molecule has 0 saturated carbocycles. The number of unbranched alkanes of at least 4 members (excludes halogenated alkanes) is 1. The molecule has 2 saturated heterocycles. The Morgan fingerprint density at radius 1 is 1.26 bits per heavy atom. The molecule has 0 aromatic heterocycles. The molecule has 2 fully saturated rings. The average molecular weight is 270 g/mol. The fourth-order valence-electron chi connectivity index (χ4n) is 2.57. The van der Waals surface area contributed by atoms with Crippen LogP contribution >= 0.6 is 0 Å². The van der Waals surface area contributed by atoms with Gasteiger partial charge in [0.15, 0.2) is 0 Å². The van der Waals surface area contributed by atoms with Crippen LogP contribution in [0.1, 0.15) is 19.3 Å². The molecule has 6 nitrogen and oxygen atoms in total. The predicted molar refractivity (Wildman–Crippen MR) is 74.1 cm³/mol. The Kier molecular flexibility index (Phi) is 5.88. The summed E-state index contributed by atoms with van der Waals surface area (Å²) in [5, 5.41) is 3.04. The number of piperazine rings is 1. The molecule has 0 bridgehead atoms. The molecule has 0 aromatic rings. The highest BCUT2D eigenvalue weighted by Gasteiger charge is 2.24. The molecule has 2 heterocycles. The first-order valence-electron chi connectivity index (χ1n) is 7.35. The second kappa shape index (κ2) is 7.67. The highest BCUT2D eigenvalue weighted by atomic mass is 16.5. The molecule has 2 aliphatic heterocycles. The minimum atomic E-state index is 0.0668. The van der Waals surface area contributed by atoms with Crippen molar-refractivity contribution in [3.8, 4) is 0 Å². The largest absolute Gasteiger partial charge is 0.379 e. The molecule has 6 heteroatoms. The number of amides is 2. The fourth-order valence-corrected chi connectivity index (χ4v) is 2.57. The molecule has 1 unspecified atom stereocenters. The molecule has 0 aliphatic carbocycles. The molecular weight excluding hydrogens is 244 g/mol. The number of nitrogens with one attached hydrogen (secondary N) is 1. The Hall–Kier alpha value is -0.850. The van der Waals surface area contributed by atoms with E-state index in [0.29, 0.717) is 6.61 Å². The van der Waals surface area contributed by atoms with Gasteiger partial charge in [-0.25, -0.2) is 4.79 Å². The summed E-state index contributed by atoms with van der Waals surface area (Å²) in [6, 6.07) is 0.271. The van der Waals surface area contributed by atoms with Gasteiger partial charge in [-0.05, 0) is 32.4 Å². The van der Waals surface area contributed by atoms with Gasteiger partial charge in [-0.3, -0.25) is 4.90 Å². The van der Waals surface area contributed by atoms with Crippen LogP contribution in [-0.2, 0) is 4.74 Å². The van der Waals surface area contributed by atoms with Crippen LogP contribution in [-0.4, -0.2) is 74.4 Å². The summed E-state index contributed by atoms with van der Waals surface area (Å²) in [6.07, 6.45) is 3.18. The molecule has 0 aromatic carbocycles. The number of carbonyl (C=O) groups is 1. The number of hydrogen-bond donors (Lipinski definition) is 2. The molecule has 2 aliphatic rings. The summed E-state index contributed by atoms with van der Waals surface area (Å²) < 4.78 is 5.27. The number of urea groups is 1. The number of hydrogen-bond acceptors (Lipinski definition) is 4. The van der Waals surface area contributed by atoms with Crippen molar-refractivity contribution in [2.24, 2.45) is 5.73 Å². The van der Waals surface area contributed by atoms with E-state index < -0.39 is 0 Å². The fraction of sp³-hybridized carbons (Fsp3) is 0.923. The van der Waals surface area contributed by atoms with Crippen molar-refractivity contribution >= 4 is 6.03 Å². The maximum Gasteiger partial charge on any atom is 0.317 e. The van der Waals surface area contributed by atoms with E-state index in [1.165, 1.54) is 0 Å². The lowest BCUT2D eigenvalue weighted by atomic mass is 10.2. The van der Waals surface area contributed by atoms with E-state index in [1.54, 1.807) is 0 Å². The smallest absolute Gasteiger partial charge is 0.317 e. The van der Waals surface area contributed by atoms with Crippen LogP contribution in [0.25, 0.3) is 0 Å². The van der Waals surface area contributed by atoms with Crippen LogP contribution in [0.15, 0.2) is 0 Å². The van der Waals surface area contributed by atoms with Crippen LogP contribution in [0.3, 0.4) is 0 Å². The molecule has 0 spiro atoms. The average Bonchev–Trinajstić information content (AvgIpc) is 2.93. The Labute approximate surface area is 115 Å². The molecule has 1 atom stereocenters. The minimum Gasteiger partial charge on any atom is -0.379 e. The van der Waals surface area contributed by atoms with Crippen molar-refractivity contribution < 1.29 is 9.53 Å². The Morgan fingerprint density at radius 3 is 2.68 bits per heavy atom. The van der Waals surface area contributed by atoms with Gasteiger partial charge in [0.05, 0.1) is 12.6 Å². The summed E-state index contributed by atoms with van der Waals surface area (Å²) in [7, 11) is 0. The van der Waals surface area contributed by atoms with Gasteiger partial charge in [-0.1, -0.05) is 0 Å². The third-order valence-electron chi connectivity index (χ3n) is 3.85. The van der Waals surface area contributed by atoms with Crippen LogP contribution < -0.4 is 11.1 Å². The molecule has 110 valence electrons. The third kappa shape index (κ3) is 4.63. The van der Waals surface area contributed by atoms with Crippen molar-refractivity contribution in [2.75, 3.05) is 52.5 Å². The second-order valence-corrected chi connectivity index (χ2v) is 5.33. The van der Waals surface area contributed by atoms with Crippen molar-refractivity contribution in [1.82, 2.24) is 15.1 Å². The Balaban J connectivity index is 1.63. The van der Waals surface area contributed by atoms with Crippen molar-refractivity contribution in [2.45, 2.75) is 25.3 Å². The molecule has 2 amide bonds. The maximum atomic E-state index is 12.0. The van der Waals surface area contributed by atoms with E-state index in [-0.39, 0.29) is 12.1 Å². The first kappa shape index (κ1) is 14.6. The summed E-state index contributed by atoms with van der Waals surface area (Å²) in [5.74, 6) is 0.